The highest BCUT2D eigenvalue weighted by molar-refractivity contribution is 5.66. The standard InChI is InChI=1S/C7H8N2O3/c1-4-5(2)8-9(7(4)12)3-6(10)11/h8H,1-3H2,(H,10,11). The lowest BCUT2D eigenvalue weighted by Gasteiger charge is -1.92. The minimum Gasteiger partial charge on any atom is -0.480 e. The molecule has 0 aliphatic rings. The molecule has 2 N–H and O–H groups in total. The second-order valence-electron chi connectivity index (χ2n) is 2.35. The molecule has 1 aromatic rings. The predicted octanol–water partition coefficient (Wildman–Crippen LogP) is -1.92. The van der Waals surface area contributed by atoms with Crippen LogP contribution in [0.1, 0.15) is 0 Å². The van der Waals surface area contributed by atoms with Crippen molar-refractivity contribution in [3.05, 3.63) is 20.9 Å². The monoisotopic (exact) mass is 168 g/mol. The number of carboxylic acids is 1. The summed E-state index contributed by atoms with van der Waals surface area (Å²) in [5, 5.41) is 11.4. The van der Waals surface area contributed by atoms with Crippen molar-refractivity contribution in [2.24, 2.45) is 0 Å². The van der Waals surface area contributed by atoms with Crippen molar-refractivity contribution in [3.63, 3.8) is 0 Å². The molecule has 1 heterocycles. The van der Waals surface area contributed by atoms with Crippen molar-refractivity contribution in [3.8, 4) is 0 Å². The topological polar surface area (TPSA) is 75.1 Å². The maximum absolute atomic E-state index is 11.1. The molecule has 5 nitrogen and oxygen atoms in total. The predicted molar refractivity (Wildman–Crippen MR) is 43.0 cm³/mol. The molecule has 64 valence electrons. The first-order chi connectivity index (χ1) is 5.52. The fourth-order valence-corrected chi connectivity index (χ4v) is 0.820. The van der Waals surface area contributed by atoms with Gasteiger partial charge in [0.25, 0.3) is 5.56 Å². The highest BCUT2D eigenvalue weighted by Crippen LogP contribution is 1.68. The van der Waals surface area contributed by atoms with Crippen LogP contribution in [0.4, 0.5) is 0 Å². The zero-order chi connectivity index (χ0) is 9.30. The van der Waals surface area contributed by atoms with Crippen LogP contribution in [0, 0.1) is 0 Å². The number of aromatic nitrogens is 2. The Balaban J connectivity index is 3.29. The molecule has 0 atom stereocenters. The van der Waals surface area contributed by atoms with Gasteiger partial charge in [-0.1, -0.05) is 13.2 Å². The Labute approximate surface area is 67.2 Å². The molecule has 1 aromatic heterocycles. The average Bonchev–Trinajstić information content (AvgIpc) is 2.17. The van der Waals surface area contributed by atoms with Crippen molar-refractivity contribution >= 4 is 19.1 Å². The Hall–Kier alpha value is -1.78. The maximum atomic E-state index is 11.1. The van der Waals surface area contributed by atoms with Crippen molar-refractivity contribution in [2.75, 3.05) is 0 Å². The van der Waals surface area contributed by atoms with Gasteiger partial charge in [-0.2, -0.15) is 0 Å². The van der Waals surface area contributed by atoms with Crippen molar-refractivity contribution in [1.82, 2.24) is 9.78 Å². The van der Waals surface area contributed by atoms with Crippen molar-refractivity contribution in [1.29, 1.82) is 0 Å². The number of hydrogen-bond acceptors (Lipinski definition) is 2. The molecule has 0 aromatic carbocycles. The lowest BCUT2D eigenvalue weighted by Crippen LogP contribution is -2.33. The quantitative estimate of drug-likeness (QED) is 0.540. The van der Waals surface area contributed by atoms with Crippen LogP contribution in [0.15, 0.2) is 4.79 Å². The number of nitrogens with one attached hydrogen (secondary N) is 1. The number of carbonyl (C=O) groups is 1. The van der Waals surface area contributed by atoms with Crippen LogP contribution in [-0.2, 0) is 11.3 Å². The zero-order valence-electron chi connectivity index (χ0n) is 6.33. The zero-order valence-corrected chi connectivity index (χ0v) is 6.33. The van der Waals surface area contributed by atoms with Gasteiger partial charge in [-0.15, -0.1) is 0 Å². The number of rotatable bonds is 2. The van der Waals surface area contributed by atoms with Crippen LogP contribution in [-0.4, -0.2) is 20.9 Å². The number of nitrogens with zero attached hydrogens (tertiary/aromatic N) is 1. The largest absolute Gasteiger partial charge is 0.480 e. The minimum atomic E-state index is -1.08. The van der Waals surface area contributed by atoms with Crippen LogP contribution in [0.2, 0.25) is 0 Å². The summed E-state index contributed by atoms with van der Waals surface area (Å²) in [7, 11) is 0. The van der Waals surface area contributed by atoms with Gasteiger partial charge in [-0.3, -0.25) is 14.7 Å². The van der Waals surface area contributed by atoms with E-state index in [1.54, 1.807) is 0 Å². The third-order valence-electron chi connectivity index (χ3n) is 1.43. The molecule has 5 heteroatoms. The molecule has 0 saturated heterocycles. The van der Waals surface area contributed by atoms with Gasteiger partial charge >= 0.3 is 5.97 Å². The molecule has 0 aliphatic carbocycles. The first-order valence-corrected chi connectivity index (χ1v) is 3.21. The van der Waals surface area contributed by atoms with Gasteiger partial charge < -0.3 is 5.11 Å². The minimum absolute atomic E-state index is 0.205. The second kappa shape index (κ2) is 2.69. The van der Waals surface area contributed by atoms with E-state index in [2.05, 4.69) is 18.3 Å². The van der Waals surface area contributed by atoms with E-state index in [1.165, 1.54) is 0 Å². The fraction of sp³-hybridized carbons (Fsp3) is 0.143. The Morgan fingerprint density at radius 3 is 2.50 bits per heavy atom. The normalized spacial score (nSPS) is 10.0. The third-order valence-corrected chi connectivity index (χ3v) is 1.43. The Bertz CT molecular complexity index is 454. The summed E-state index contributed by atoms with van der Waals surface area (Å²) in [5.74, 6) is -1.08. The molecule has 0 radical (unpaired) electrons. The lowest BCUT2D eigenvalue weighted by atomic mass is 10.5. The number of hydrogen-bond donors (Lipinski definition) is 2. The highest BCUT2D eigenvalue weighted by atomic mass is 16.4. The van der Waals surface area contributed by atoms with E-state index < -0.39 is 18.1 Å². The van der Waals surface area contributed by atoms with E-state index >= 15 is 0 Å². The Kier molecular flexibility index (Phi) is 1.86. The first-order valence-electron chi connectivity index (χ1n) is 3.21. The van der Waals surface area contributed by atoms with Gasteiger partial charge in [0.05, 0.1) is 10.6 Å². The second-order valence-corrected chi connectivity index (χ2v) is 2.35. The van der Waals surface area contributed by atoms with E-state index in [0.29, 0.717) is 5.35 Å². The lowest BCUT2D eigenvalue weighted by molar-refractivity contribution is -0.137. The van der Waals surface area contributed by atoms with Crippen molar-refractivity contribution in [2.45, 2.75) is 6.54 Å². The van der Waals surface area contributed by atoms with Gasteiger partial charge in [-0.25, -0.2) is 4.68 Å². The summed E-state index contributed by atoms with van der Waals surface area (Å²) in [4.78, 5) is 21.3. The molecule has 0 aliphatic heterocycles. The van der Waals surface area contributed by atoms with Crippen LogP contribution >= 0.6 is 0 Å². The number of aliphatic carboxylic acids is 1. The number of H-pyrrole nitrogens is 1. The summed E-state index contributed by atoms with van der Waals surface area (Å²) >= 11 is 0. The maximum Gasteiger partial charge on any atom is 0.325 e. The Morgan fingerprint density at radius 1 is 1.58 bits per heavy atom. The van der Waals surface area contributed by atoms with Gasteiger partial charge in [0.15, 0.2) is 0 Å². The first kappa shape index (κ1) is 8.32. The van der Waals surface area contributed by atoms with Crippen LogP contribution in [0.5, 0.6) is 0 Å². The van der Waals surface area contributed by atoms with Crippen LogP contribution in [0.25, 0.3) is 13.2 Å². The van der Waals surface area contributed by atoms with Gasteiger partial charge in [0.2, 0.25) is 0 Å². The van der Waals surface area contributed by atoms with E-state index in [9.17, 15) is 9.59 Å². The third kappa shape index (κ3) is 1.29. The van der Waals surface area contributed by atoms with E-state index in [-0.39, 0.29) is 5.22 Å². The molecular weight excluding hydrogens is 160 g/mol. The molecule has 1 rings (SSSR count). The molecule has 0 saturated carbocycles. The molecule has 0 amide bonds. The average molecular weight is 168 g/mol. The SMILES string of the molecule is C=c1[nH]n(CC(=O)O)c(=O)c1=C. The molecule has 0 fully saturated rings. The van der Waals surface area contributed by atoms with Crippen LogP contribution < -0.4 is 16.1 Å². The number of carboxylic acid groups (broad SMARTS) is 1. The smallest absolute Gasteiger partial charge is 0.325 e. The van der Waals surface area contributed by atoms with Gasteiger partial charge in [-0.05, 0) is 0 Å². The Morgan fingerprint density at radius 2 is 2.17 bits per heavy atom. The molecule has 12 heavy (non-hydrogen) atoms. The van der Waals surface area contributed by atoms with Crippen molar-refractivity contribution < 1.29 is 9.90 Å². The molecule has 0 spiro atoms. The summed E-state index contributed by atoms with van der Waals surface area (Å²) < 4.78 is 0.951. The van der Waals surface area contributed by atoms with E-state index in [1.807, 2.05) is 0 Å². The molecule has 0 bridgehead atoms. The number of aromatic amines is 1. The van der Waals surface area contributed by atoms with E-state index in [4.69, 9.17) is 5.11 Å². The summed E-state index contributed by atoms with van der Waals surface area (Å²) in [6.07, 6.45) is 0. The molecular formula is C7H8N2O3. The summed E-state index contributed by atoms with van der Waals surface area (Å²) in [6.45, 7) is 6.51. The van der Waals surface area contributed by atoms with Gasteiger partial charge in [0, 0.05) is 0 Å². The highest BCUT2D eigenvalue weighted by Gasteiger charge is 2.03. The summed E-state index contributed by atoms with van der Waals surface area (Å²) in [5.41, 5.74) is -0.442. The summed E-state index contributed by atoms with van der Waals surface area (Å²) in [6, 6.07) is 0. The fourth-order valence-electron chi connectivity index (χ4n) is 0.820. The van der Waals surface area contributed by atoms with Gasteiger partial charge in [0.1, 0.15) is 6.54 Å². The molecule has 0 unspecified atom stereocenters. The van der Waals surface area contributed by atoms with E-state index in [0.717, 1.165) is 4.68 Å². The van der Waals surface area contributed by atoms with Crippen LogP contribution in [0.3, 0.4) is 0 Å².